The molecule has 2 aromatic rings. The maximum atomic E-state index is 13.6. The maximum Gasteiger partial charge on any atom is 0.173 e. The zero-order valence-corrected chi connectivity index (χ0v) is 11.6. The van der Waals surface area contributed by atoms with Crippen molar-refractivity contribution in [1.29, 1.82) is 0 Å². The molecule has 0 spiro atoms. The molecule has 1 aromatic carbocycles. The van der Waals surface area contributed by atoms with Gasteiger partial charge in [-0.25, -0.2) is 4.39 Å². The molecule has 0 amide bonds. The van der Waals surface area contributed by atoms with Crippen LogP contribution in [0.1, 0.15) is 27.1 Å². The molecule has 0 N–H and O–H groups in total. The molecule has 98 valence electrons. The van der Waals surface area contributed by atoms with Crippen LogP contribution in [0, 0.1) is 5.82 Å². The summed E-state index contributed by atoms with van der Waals surface area (Å²) in [6, 6.07) is 4.12. The standard InChI is InChI=1S/C13H10BrFN2O2/c1-17-7-8(6-16-17)12(18)5-13(19)10-3-2-9(14)4-11(10)15/h2-4,6-7H,5H2,1H3. The minimum atomic E-state index is -0.640. The highest BCUT2D eigenvalue weighted by molar-refractivity contribution is 9.10. The topological polar surface area (TPSA) is 52.0 Å². The predicted molar refractivity (Wildman–Crippen MR) is 70.6 cm³/mol. The van der Waals surface area contributed by atoms with Crippen LogP contribution in [0.5, 0.6) is 0 Å². The Kier molecular flexibility index (Phi) is 3.90. The van der Waals surface area contributed by atoms with Crippen LogP contribution in [0.4, 0.5) is 4.39 Å². The van der Waals surface area contributed by atoms with Crippen molar-refractivity contribution in [2.24, 2.45) is 7.05 Å². The number of halogens is 2. The second-order valence-corrected chi connectivity index (χ2v) is 4.97. The Morgan fingerprint density at radius 2 is 2.11 bits per heavy atom. The molecule has 0 unspecified atom stereocenters. The molecule has 0 saturated heterocycles. The highest BCUT2D eigenvalue weighted by Gasteiger charge is 2.17. The zero-order valence-electron chi connectivity index (χ0n) is 10.1. The molecule has 0 aliphatic rings. The third-order valence-electron chi connectivity index (χ3n) is 2.58. The van der Waals surface area contributed by atoms with Gasteiger partial charge in [0.15, 0.2) is 11.6 Å². The van der Waals surface area contributed by atoms with Crippen LogP contribution in [0.15, 0.2) is 35.1 Å². The normalized spacial score (nSPS) is 10.5. The molecule has 0 bridgehead atoms. The fourth-order valence-electron chi connectivity index (χ4n) is 1.62. The van der Waals surface area contributed by atoms with Gasteiger partial charge in [0.1, 0.15) is 5.82 Å². The summed E-state index contributed by atoms with van der Waals surface area (Å²) in [6.07, 6.45) is 2.53. The first-order chi connectivity index (χ1) is 8.97. The molecule has 6 heteroatoms. The van der Waals surface area contributed by atoms with Crippen molar-refractivity contribution in [2.45, 2.75) is 6.42 Å². The molecule has 2 rings (SSSR count). The highest BCUT2D eigenvalue weighted by Crippen LogP contribution is 2.17. The van der Waals surface area contributed by atoms with E-state index >= 15 is 0 Å². The van der Waals surface area contributed by atoms with E-state index in [1.165, 1.54) is 29.2 Å². The molecule has 0 aliphatic carbocycles. The number of hydrogen-bond donors (Lipinski definition) is 0. The Bertz CT molecular complexity index is 652. The Hall–Kier alpha value is -1.82. The molecule has 1 aromatic heterocycles. The van der Waals surface area contributed by atoms with Crippen LogP contribution in [0.3, 0.4) is 0 Å². The third-order valence-corrected chi connectivity index (χ3v) is 3.07. The summed E-state index contributed by atoms with van der Waals surface area (Å²) in [5.41, 5.74) is 0.258. The summed E-state index contributed by atoms with van der Waals surface area (Å²) < 4.78 is 15.6. The van der Waals surface area contributed by atoms with E-state index in [0.29, 0.717) is 10.0 Å². The fourth-order valence-corrected chi connectivity index (χ4v) is 1.96. The number of hydrogen-bond acceptors (Lipinski definition) is 3. The van der Waals surface area contributed by atoms with E-state index in [0.717, 1.165) is 0 Å². The largest absolute Gasteiger partial charge is 0.294 e. The molecule has 4 nitrogen and oxygen atoms in total. The van der Waals surface area contributed by atoms with Gasteiger partial charge in [-0.2, -0.15) is 5.10 Å². The van der Waals surface area contributed by atoms with E-state index in [1.54, 1.807) is 13.1 Å². The first kappa shape index (κ1) is 13.6. The van der Waals surface area contributed by atoms with Gasteiger partial charge in [0.2, 0.25) is 0 Å². The van der Waals surface area contributed by atoms with Crippen molar-refractivity contribution in [1.82, 2.24) is 9.78 Å². The SMILES string of the molecule is Cn1cc(C(=O)CC(=O)c2ccc(Br)cc2F)cn1. The lowest BCUT2D eigenvalue weighted by molar-refractivity contribution is 0.0892. The second kappa shape index (κ2) is 5.44. The van der Waals surface area contributed by atoms with Gasteiger partial charge in [-0.05, 0) is 18.2 Å². The van der Waals surface area contributed by atoms with Crippen molar-refractivity contribution < 1.29 is 14.0 Å². The van der Waals surface area contributed by atoms with Crippen molar-refractivity contribution in [2.75, 3.05) is 0 Å². The molecule has 0 fully saturated rings. The van der Waals surface area contributed by atoms with E-state index in [9.17, 15) is 14.0 Å². The Morgan fingerprint density at radius 1 is 1.37 bits per heavy atom. The number of carbonyl (C=O) groups excluding carboxylic acids is 2. The summed E-state index contributed by atoms with van der Waals surface area (Å²) >= 11 is 3.11. The number of Topliss-reactive ketones (excluding diaryl/α,β-unsaturated/α-hetero) is 2. The first-order valence-corrected chi connectivity index (χ1v) is 6.27. The minimum Gasteiger partial charge on any atom is -0.294 e. The van der Waals surface area contributed by atoms with Crippen LogP contribution in [-0.4, -0.2) is 21.3 Å². The van der Waals surface area contributed by atoms with E-state index in [1.807, 2.05) is 0 Å². The van der Waals surface area contributed by atoms with Gasteiger partial charge in [0.05, 0.1) is 23.7 Å². The number of aromatic nitrogens is 2. The molecule has 0 atom stereocenters. The van der Waals surface area contributed by atoms with Crippen molar-refractivity contribution in [3.63, 3.8) is 0 Å². The number of nitrogens with zero attached hydrogens (tertiary/aromatic N) is 2. The second-order valence-electron chi connectivity index (χ2n) is 4.05. The average Bonchev–Trinajstić information content (AvgIpc) is 2.75. The van der Waals surface area contributed by atoms with Gasteiger partial charge < -0.3 is 0 Å². The van der Waals surface area contributed by atoms with Gasteiger partial charge >= 0.3 is 0 Å². The Labute approximate surface area is 117 Å². The highest BCUT2D eigenvalue weighted by atomic mass is 79.9. The first-order valence-electron chi connectivity index (χ1n) is 5.47. The molecule has 0 saturated carbocycles. The zero-order chi connectivity index (χ0) is 14.0. The van der Waals surface area contributed by atoms with Gasteiger partial charge in [-0.15, -0.1) is 0 Å². The molecule has 0 aliphatic heterocycles. The lowest BCUT2D eigenvalue weighted by atomic mass is 10.0. The van der Waals surface area contributed by atoms with E-state index in [-0.39, 0.29) is 17.8 Å². The monoisotopic (exact) mass is 324 g/mol. The van der Waals surface area contributed by atoms with Gasteiger partial charge in [-0.1, -0.05) is 15.9 Å². The van der Waals surface area contributed by atoms with Crippen molar-refractivity contribution in [3.05, 3.63) is 52.0 Å². The average molecular weight is 325 g/mol. The predicted octanol–water partition coefficient (Wildman–Crippen LogP) is 2.78. The molecular weight excluding hydrogens is 315 g/mol. The lowest BCUT2D eigenvalue weighted by Gasteiger charge is -2.02. The molecule has 19 heavy (non-hydrogen) atoms. The van der Waals surface area contributed by atoms with Gasteiger partial charge in [0, 0.05) is 17.7 Å². The smallest absolute Gasteiger partial charge is 0.173 e. The van der Waals surface area contributed by atoms with Crippen LogP contribution < -0.4 is 0 Å². The summed E-state index contributed by atoms with van der Waals surface area (Å²) in [5, 5.41) is 3.85. The van der Waals surface area contributed by atoms with Crippen molar-refractivity contribution >= 4 is 27.5 Å². The van der Waals surface area contributed by atoms with Gasteiger partial charge in [0.25, 0.3) is 0 Å². The van der Waals surface area contributed by atoms with Crippen LogP contribution in [-0.2, 0) is 7.05 Å². The number of benzene rings is 1. The number of aryl methyl sites for hydroxylation is 1. The van der Waals surface area contributed by atoms with Crippen LogP contribution in [0.2, 0.25) is 0 Å². The number of ketones is 2. The van der Waals surface area contributed by atoms with Gasteiger partial charge in [-0.3, -0.25) is 14.3 Å². The summed E-state index contributed by atoms with van der Waals surface area (Å²) in [7, 11) is 1.67. The summed E-state index contributed by atoms with van der Waals surface area (Å²) in [6.45, 7) is 0. The summed E-state index contributed by atoms with van der Waals surface area (Å²) in [5.74, 6) is -1.56. The van der Waals surface area contributed by atoms with Crippen LogP contribution >= 0.6 is 15.9 Å². The number of carbonyl (C=O) groups is 2. The lowest BCUT2D eigenvalue weighted by Crippen LogP contribution is -2.09. The molecular formula is C13H10BrFN2O2. The third kappa shape index (κ3) is 3.14. The maximum absolute atomic E-state index is 13.6. The molecule has 0 radical (unpaired) electrons. The fraction of sp³-hybridized carbons (Fsp3) is 0.154. The van der Waals surface area contributed by atoms with E-state index < -0.39 is 11.6 Å². The Balaban J connectivity index is 2.15. The van der Waals surface area contributed by atoms with E-state index in [2.05, 4.69) is 21.0 Å². The molecule has 1 heterocycles. The van der Waals surface area contributed by atoms with E-state index in [4.69, 9.17) is 0 Å². The quantitative estimate of drug-likeness (QED) is 0.642. The summed E-state index contributed by atoms with van der Waals surface area (Å²) in [4.78, 5) is 23.7. The minimum absolute atomic E-state index is 0.0829. The Morgan fingerprint density at radius 3 is 2.68 bits per heavy atom. The van der Waals surface area contributed by atoms with Crippen LogP contribution in [0.25, 0.3) is 0 Å². The number of rotatable bonds is 4. The van der Waals surface area contributed by atoms with Crippen molar-refractivity contribution in [3.8, 4) is 0 Å².